The van der Waals surface area contributed by atoms with Crippen LogP contribution in [-0.4, -0.2) is 32.5 Å². The monoisotopic (exact) mass is 451 g/mol. The van der Waals surface area contributed by atoms with Crippen LogP contribution in [0.1, 0.15) is 42.1 Å². The first-order valence-corrected chi connectivity index (χ1v) is 11.7. The number of hydrogen-bond donors (Lipinski definition) is 3. The molecule has 0 saturated carbocycles. The minimum absolute atomic E-state index is 0.0325. The maximum atomic E-state index is 12.2. The predicted octanol–water partition coefficient (Wildman–Crippen LogP) is 3.95. The molecular formula is C21H26ClN3O4S. The van der Waals surface area contributed by atoms with Gasteiger partial charge in [-0.1, -0.05) is 24.6 Å². The second kappa shape index (κ2) is 11.0. The normalized spacial score (nSPS) is 11.0. The molecule has 2 aromatic rings. The topological polar surface area (TPSA) is 104 Å². The summed E-state index contributed by atoms with van der Waals surface area (Å²) in [6, 6.07) is 11.6. The summed E-state index contributed by atoms with van der Waals surface area (Å²) in [5.74, 6) is -0.410. The molecule has 0 saturated heterocycles. The van der Waals surface area contributed by atoms with Gasteiger partial charge in [0, 0.05) is 29.2 Å². The fourth-order valence-electron chi connectivity index (χ4n) is 2.74. The SMILES string of the molecule is CCCS(=O)(=O)Nc1cccc(NC(=O)CCCNC(=O)c2ccc(Cl)cc2)c1C. The van der Waals surface area contributed by atoms with Gasteiger partial charge in [0.2, 0.25) is 15.9 Å². The molecule has 0 unspecified atom stereocenters. The van der Waals surface area contributed by atoms with Crippen LogP contribution in [0, 0.1) is 6.92 Å². The Kier molecular flexibility index (Phi) is 8.68. The number of carbonyl (C=O) groups excluding carboxylic acids is 2. The summed E-state index contributed by atoms with van der Waals surface area (Å²) < 4.78 is 26.5. The van der Waals surface area contributed by atoms with E-state index in [9.17, 15) is 18.0 Å². The molecule has 0 radical (unpaired) electrons. The van der Waals surface area contributed by atoms with Crippen molar-refractivity contribution in [1.29, 1.82) is 0 Å². The molecule has 7 nitrogen and oxygen atoms in total. The van der Waals surface area contributed by atoms with E-state index in [1.165, 1.54) is 0 Å². The van der Waals surface area contributed by atoms with Crippen molar-refractivity contribution in [3.05, 3.63) is 58.6 Å². The quantitative estimate of drug-likeness (QED) is 0.475. The van der Waals surface area contributed by atoms with Crippen LogP contribution < -0.4 is 15.4 Å². The second-order valence-electron chi connectivity index (χ2n) is 6.81. The molecule has 9 heteroatoms. The Balaban J connectivity index is 1.84. The summed E-state index contributed by atoms with van der Waals surface area (Å²) in [5, 5.41) is 6.11. The number of benzene rings is 2. The second-order valence-corrected chi connectivity index (χ2v) is 9.09. The highest BCUT2D eigenvalue weighted by molar-refractivity contribution is 7.92. The van der Waals surface area contributed by atoms with Gasteiger partial charge in [-0.15, -0.1) is 0 Å². The van der Waals surface area contributed by atoms with Gasteiger partial charge in [-0.2, -0.15) is 0 Å². The summed E-state index contributed by atoms with van der Waals surface area (Å²) in [6.45, 7) is 3.89. The van der Waals surface area contributed by atoms with Gasteiger partial charge in [-0.05, 0) is 61.7 Å². The number of halogens is 1. The summed E-state index contributed by atoms with van der Waals surface area (Å²) in [6.07, 6.45) is 1.19. The first-order chi connectivity index (χ1) is 14.2. The largest absolute Gasteiger partial charge is 0.352 e. The van der Waals surface area contributed by atoms with Crippen molar-refractivity contribution in [3.8, 4) is 0 Å². The van der Waals surface area contributed by atoms with Crippen molar-refractivity contribution in [1.82, 2.24) is 5.32 Å². The van der Waals surface area contributed by atoms with E-state index in [1.54, 1.807) is 56.3 Å². The Morgan fingerprint density at radius 2 is 1.70 bits per heavy atom. The number of carbonyl (C=O) groups is 2. The summed E-state index contributed by atoms with van der Waals surface area (Å²) in [7, 11) is -3.41. The Bertz CT molecular complexity index is 992. The number of sulfonamides is 1. The van der Waals surface area contributed by atoms with Crippen molar-refractivity contribution >= 4 is 44.8 Å². The predicted molar refractivity (Wildman–Crippen MR) is 121 cm³/mol. The average molecular weight is 452 g/mol. The molecule has 0 spiro atoms. The van der Waals surface area contributed by atoms with Crippen molar-refractivity contribution < 1.29 is 18.0 Å². The van der Waals surface area contributed by atoms with E-state index in [-0.39, 0.29) is 24.0 Å². The lowest BCUT2D eigenvalue weighted by atomic mass is 10.1. The van der Waals surface area contributed by atoms with Crippen molar-refractivity contribution in [3.63, 3.8) is 0 Å². The Labute approximate surface area is 182 Å². The summed E-state index contributed by atoms with van der Waals surface area (Å²) >= 11 is 5.80. The van der Waals surface area contributed by atoms with Gasteiger partial charge in [0.05, 0.1) is 11.4 Å². The first-order valence-electron chi connectivity index (χ1n) is 9.65. The zero-order chi connectivity index (χ0) is 22.1. The fraction of sp³-hybridized carbons (Fsp3) is 0.333. The van der Waals surface area contributed by atoms with Gasteiger partial charge < -0.3 is 10.6 Å². The van der Waals surface area contributed by atoms with Gasteiger partial charge in [0.25, 0.3) is 5.91 Å². The molecule has 3 N–H and O–H groups in total. The molecule has 0 aliphatic heterocycles. The molecule has 0 fully saturated rings. The number of nitrogens with one attached hydrogen (secondary N) is 3. The van der Waals surface area contributed by atoms with Crippen molar-refractivity contribution in [2.45, 2.75) is 33.1 Å². The third kappa shape index (κ3) is 7.35. The lowest BCUT2D eigenvalue weighted by molar-refractivity contribution is -0.116. The molecule has 0 aliphatic rings. The Morgan fingerprint density at radius 1 is 1.03 bits per heavy atom. The van der Waals surface area contributed by atoms with Crippen LogP contribution in [0.2, 0.25) is 5.02 Å². The molecule has 2 aromatic carbocycles. The molecule has 162 valence electrons. The molecular weight excluding hydrogens is 426 g/mol. The molecule has 2 rings (SSSR count). The highest BCUT2D eigenvalue weighted by atomic mass is 35.5. The van der Waals surface area contributed by atoms with E-state index in [2.05, 4.69) is 15.4 Å². The van der Waals surface area contributed by atoms with Crippen molar-refractivity contribution in [2.75, 3.05) is 22.3 Å². The van der Waals surface area contributed by atoms with E-state index in [1.807, 2.05) is 0 Å². The van der Waals surface area contributed by atoms with E-state index in [4.69, 9.17) is 11.6 Å². The molecule has 0 aliphatic carbocycles. The average Bonchev–Trinajstić information content (AvgIpc) is 2.68. The van der Waals surface area contributed by atoms with Gasteiger partial charge in [0.15, 0.2) is 0 Å². The minimum atomic E-state index is -3.41. The fourth-order valence-corrected chi connectivity index (χ4v) is 4.06. The minimum Gasteiger partial charge on any atom is -0.352 e. The van der Waals surface area contributed by atoms with Crippen LogP contribution in [0.15, 0.2) is 42.5 Å². The van der Waals surface area contributed by atoms with Crippen LogP contribution in [0.4, 0.5) is 11.4 Å². The third-order valence-corrected chi connectivity index (χ3v) is 6.05. The summed E-state index contributed by atoms with van der Waals surface area (Å²) in [5.41, 5.74) is 2.13. The van der Waals surface area contributed by atoms with Crippen LogP contribution in [0.25, 0.3) is 0 Å². The van der Waals surface area contributed by atoms with Gasteiger partial charge in [0.1, 0.15) is 0 Å². The van der Waals surface area contributed by atoms with Gasteiger partial charge in [-0.3, -0.25) is 14.3 Å². The van der Waals surface area contributed by atoms with Crippen LogP contribution in [0.5, 0.6) is 0 Å². The molecule has 0 bridgehead atoms. The van der Waals surface area contributed by atoms with Crippen molar-refractivity contribution in [2.24, 2.45) is 0 Å². The Morgan fingerprint density at radius 3 is 2.37 bits per heavy atom. The van der Waals surface area contributed by atoms with E-state index >= 15 is 0 Å². The molecule has 0 aromatic heterocycles. The van der Waals surface area contributed by atoms with Crippen LogP contribution >= 0.6 is 11.6 Å². The lowest BCUT2D eigenvalue weighted by Crippen LogP contribution is -2.25. The molecule has 0 atom stereocenters. The summed E-state index contributed by atoms with van der Waals surface area (Å²) in [4.78, 5) is 24.3. The highest BCUT2D eigenvalue weighted by Gasteiger charge is 2.13. The third-order valence-electron chi connectivity index (χ3n) is 4.32. The maximum Gasteiger partial charge on any atom is 0.251 e. The molecule has 30 heavy (non-hydrogen) atoms. The number of hydrogen-bond acceptors (Lipinski definition) is 4. The van der Waals surface area contributed by atoms with Crippen LogP contribution in [-0.2, 0) is 14.8 Å². The number of rotatable bonds is 10. The van der Waals surface area contributed by atoms with E-state index in [0.717, 1.165) is 0 Å². The lowest BCUT2D eigenvalue weighted by Gasteiger charge is -2.14. The zero-order valence-corrected chi connectivity index (χ0v) is 18.6. The first kappa shape index (κ1) is 23.7. The zero-order valence-electron chi connectivity index (χ0n) is 17.0. The highest BCUT2D eigenvalue weighted by Crippen LogP contribution is 2.24. The number of amides is 2. The standard InChI is InChI=1S/C21H26ClN3O4S/c1-3-14-30(28,29)25-19-7-4-6-18(15(19)2)24-20(26)8-5-13-23-21(27)16-9-11-17(22)12-10-16/h4,6-7,9-12,25H,3,5,8,13-14H2,1-2H3,(H,23,27)(H,24,26). The number of anilines is 2. The van der Waals surface area contributed by atoms with E-state index < -0.39 is 10.0 Å². The molecule has 2 amide bonds. The molecule has 0 heterocycles. The van der Waals surface area contributed by atoms with Crippen LogP contribution in [0.3, 0.4) is 0 Å². The maximum absolute atomic E-state index is 12.2. The Hall–Kier alpha value is -2.58. The van der Waals surface area contributed by atoms with E-state index in [0.29, 0.717) is 46.9 Å². The van der Waals surface area contributed by atoms with Gasteiger partial charge in [-0.25, -0.2) is 8.42 Å². The van der Waals surface area contributed by atoms with Gasteiger partial charge >= 0.3 is 0 Å². The smallest absolute Gasteiger partial charge is 0.251 e.